The van der Waals surface area contributed by atoms with Crippen molar-refractivity contribution in [1.82, 2.24) is 4.98 Å². The number of amides is 1. The number of nitrogens with zero attached hydrogens (tertiary/aromatic N) is 2. The predicted octanol–water partition coefficient (Wildman–Crippen LogP) is 5.57. The second-order valence-corrected chi connectivity index (χ2v) is 10.8. The first kappa shape index (κ1) is 28.1. The van der Waals surface area contributed by atoms with Gasteiger partial charge in [0.1, 0.15) is 24.2 Å². The average molecular weight is 575 g/mol. The van der Waals surface area contributed by atoms with Crippen LogP contribution in [0.3, 0.4) is 0 Å². The van der Waals surface area contributed by atoms with E-state index in [9.17, 15) is 19.5 Å². The van der Waals surface area contributed by atoms with E-state index in [1.54, 1.807) is 49.4 Å². The molecule has 1 saturated heterocycles. The Kier molecular flexibility index (Phi) is 7.68. The molecular weight excluding hydrogens is 544 g/mol. The lowest BCUT2D eigenvalue weighted by Gasteiger charge is -2.24. The summed E-state index contributed by atoms with van der Waals surface area (Å²) in [5, 5.41) is 11.8. The van der Waals surface area contributed by atoms with Gasteiger partial charge in [-0.05, 0) is 62.2 Å². The number of thiazole rings is 1. The third-order valence-corrected chi connectivity index (χ3v) is 8.12. The fourth-order valence-corrected chi connectivity index (χ4v) is 6.10. The summed E-state index contributed by atoms with van der Waals surface area (Å²) in [6.07, 6.45) is 2.26. The Hall–Kier alpha value is -4.44. The third kappa shape index (κ3) is 5.11. The number of ether oxygens (including phenoxy) is 3. The molecule has 0 aliphatic carbocycles. The van der Waals surface area contributed by atoms with Crippen LogP contribution in [-0.4, -0.2) is 46.9 Å². The number of aliphatic hydroxyl groups is 1. The van der Waals surface area contributed by atoms with Gasteiger partial charge in [-0.2, -0.15) is 0 Å². The Bertz CT molecular complexity index is 1610. The first-order chi connectivity index (χ1) is 19.6. The first-order valence-corrected chi connectivity index (χ1v) is 14.1. The Morgan fingerprint density at radius 1 is 1.22 bits per heavy atom. The normalized spacial score (nSPS) is 19.2. The molecule has 9 nitrogen and oxygen atoms in total. The topological polar surface area (TPSA) is 115 Å². The molecule has 0 saturated carbocycles. The maximum atomic E-state index is 13.6. The predicted molar refractivity (Wildman–Crippen MR) is 155 cm³/mol. The van der Waals surface area contributed by atoms with Crippen LogP contribution in [0.2, 0.25) is 0 Å². The molecule has 0 spiro atoms. The van der Waals surface area contributed by atoms with Gasteiger partial charge in [-0.1, -0.05) is 30.1 Å². The van der Waals surface area contributed by atoms with Crippen molar-refractivity contribution in [1.29, 1.82) is 0 Å². The van der Waals surface area contributed by atoms with Gasteiger partial charge in [0.2, 0.25) is 0 Å². The molecule has 0 radical (unpaired) electrons. The van der Waals surface area contributed by atoms with Gasteiger partial charge >= 0.3 is 5.91 Å². The standard InChI is InChI=1S/C31H30N2O7S/c1-6-12-39-23-11-8-19(15-24(23)38-7-2)26-25(27(35)20-9-10-22-21(14-20)13-16(3)40-22)28(36)30(37)33(26)31-32-17(4)29(41-31)18(5)34/h6,8-11,14-16,26,35H,1,7,12-13H2,2-5H3. The number of aliphatic hydroxyl groups excluding tert-OH is 1. The van der Waals surface area contributed by atoms with Crippen LogP contribution in [0.5, 0.6) is 17.2 Å². The van der Waals surface area contributed by atoms with E-state index in [0.29, 0.717) is 46.2 Å². The van der Waals surface area contributed by atoms with Gasteiger partial charge in [0, 0.05) is 18.9 Å². The molecule has 2 unspecified atom stereocenters. The zero-order valence-corrected chi connectivity index (χ0v) is 24.0. The fourth-order valence-electron chi connectivity index (χ4n) is 5.11. The van der Waals surface area contributed by atoms with Crippen LogP contribution in [0.15, 0.2) is 54.6 Å². The molecule has 10 heteroatoms. The van der Waals surface area contributed by atoms with Gasteiger partial charge in [-0.15, -0.1) is 0 Å². The molecule has 2 atom stereocenters. The van der Waals surface area contributed by atoms with Gasteiger partial charge < -0.3 is 19.3 Å². The van der Waals surface area contributed by atoms with Crippen LogP contribution in [0.25, 0.3) is 5.76 Å². The Labute approximate surface area is 241 Å². The van der Waals surface area contributed by atoms with E-state index in [0.717, 1.165) is 22.6 Å². The molecule has 3 aromatic rings. The Morgan fingerprint density at radius 2 is 2.00 bits per heavy atom. The van der Waals surface area contributed by atoms with Crippen LogP contribution in [0, 0.1) is 6.92 Å². The molecule has 2 aliphatic rings. The van der Waals surface area contributed by atoms with E-state index in [2.05, 4.69) is 11.6 Å². The van der Waals surface area contributed by atoms with Crippen molar-refractivity contribution < 1.29 is 33.7 Å². The summed E-state index contributed by atoms with van der Waals surface area (Å²) in [7, 11) is 0. The number of fused-ring (bicyclic) bond motifs is 1. The van der Waals surface area contributed by atoms with Crippen molar-refractivity contribution in [2.45, 2.75) is 46.3 Å². The zero-order valence-electron chi connectivity index (χ0n) is 23.2. The summed E-state index contributed by atoms with van der Waals surface area (Å²) in [5.74, 6) is -0.648. The van der Waals surface area contributed by atoms with E-state index in [-0.39, 0.29) is 35.0 Å². The summed E-state index contributed by atoms with van der Waals surface area (Å²) < 4.78 is 17.4. The lowest BCUT2D eigenvalue weighted by molar-refractivity contribution is -0.132. The largest absolute Gasteiger partial charge is 0.507 e. The molecule has 1 fully saturated rings. The van der Waals surface area contributed by atoms with Crippen molar-refractivity contribution in [3.63, 3.8) is 0 Å². The summed E-state index contributed by atoms with van der Waals surface area (Å²) in [6.45, 7) is 11.2. The highest BCUT2D eigenvalue weighted by atomic mass is 32.1. The second kappa shape index (κ2) is 11.2. The lowest BCUT2D eigenvalue weighted by Crippen LogP contribution is -2.29. The van der Waals surface area contributed by atoms with Gasteiger partial charge in [0.05, 0.1) is 28.8 Å². The molecule has 1 amide bonds. The van der Waals surface area contributed by atoms with Crippen molar-refractivity contribution in [2.75, 3.05) is 18.1 Å². The van der Waals surface area contributed by atoms with Crippen LogP contribution >= 0.6 is 11.3 Å². The summed E-state index contributed by atoms with van der Waals surface area (Å²) in [4.78, 5) is 45.5. The van der Waals surface area contributed by atoms with Gasteiger partial charge in [-0.25, -0.2) is 4.98 Å². The maximum absolute atomic E-state index is 13.6. The number of aryl methyl sites for hydroxylation is 1. The Morgan fingerprint density at radius 3 is 2.68 bits per heavy atom. The Balaban J connectivity index is 1.70. The second-order valence-electron chi connectivity index (χ2n) is 9.83. The van der Waals surface area contributed by atoms with Crippen molar-refractivity contribution in [3.8, 4) is 17.2 Å². The van der Waals surface area contributed by atoms with Crippen LogP contribution < -0.4 is 19.1 Å². The number of aromatic nitrogens is 1. The van der Waals surface area contributed by atoms with Gasteiger partial charge in [-0.3, -0.25) is 19.3 Å². The highest BCUT2D eigenvalue weighted by molar-refractivity contribution is 7.18. The molecule has 2 aliphatic heterocycles. The number of benzene rings is 2. The number of hydrogen-bond acceptors (Lipinski definition) is 9. The number of hydrogen-bond donors (Lipinski definition) is 1. The van der Waals surface area contributed by atoms with E-state index in [4.69, 9.17) is 14.2 Å². The van der Waals surface area contributed by atoms with Crippen molar-refractivity contribution in [2.24, 2.45) is 0 Å². The smallest absolute Gasteiger partial charge is 0.301 e. The summed E-state index contributed by atoms with van der Waals surface area (Å²) in [6, 6.07) is 9.23. The first-order valence-electron chi connectivity index (χ1n) is 13.2. The molecule has 1 N–H and O–H groups in total. The highest BCUT2D eigenvalue weighted by Gasteiger charge is 2.48. The number of carbonyl (C=O) groups excluding carboxylic acids is 3. The lowest BCUT2D eigenvalue weighted by atomic mass is 9.94. The van der Waals surface area contributed by atoms with Gasteiger partial charge in [0.25, 0.3) is 5.78 Å². The van der Waals surface area contributed by atoms with E-state index in [1.807, 2.05) is 13.8 Å². The molecule has 5 rings (SSSR count). The van der Waals surface area contributed by atoms with Crippen molar-refractivity contribution in [3.05, 3.63) is 81.9 Å². The maximum Gasteiger partial charge on any atom is 0.301 e. The minimum Gasteiger partial charge on any atom is -0.507 e. The van der Waals surface area contributed by atoms with Crippen LogP contribution in [-0.2, 0) is 16.0 Å². The van der Waals surface area contributed by atoms with Crippen LogP contribution in [0.4, 0.5) is 5.13 Å². The fraction of sp³-hybridized carbons (Fsp3) is 0.290. The minimum atomic E-state index is -1.04. The summed E-state index contributed by atoms with van der Waals surface area (Å²) >= 11 is 1.03. The van der Waals surface area contributed by atoms with E-state index >= 15 is 0 Å². The zero-order chi connectivity index (χ0) is 29.4. The molecule has 41 heavy (non-hydrogen) atoms. The molecule has 1 aromatic heterocycles. The monoisotopic (exact) mass is 574 g/mol. The molecule has 0 bridgehead atoms. The highest BCUT2D eigenvalue weighted by Crippen LogP contribution is 2.46. The van der Waals surface area contributed by atoms with E-state index < -0.39 is 17.7 Å². The van der Waals surface area contributed by atoms with Gasteiger partial charge in [0.15, 0.2) is 22.4 Å². The summed E-state index contributed by atoms with van der Waals surface area (Å²) in [5.41, 5.74) is 2.14. The molecule has 212 valence electrons. The van der Waals surface area contributed by atoms with Crippen LogP contribution in [0.1, 0.15) is 58.9 Å². The quantitative estimate of drug-likeness (QED) is 0.116. The van der Waals surface area contributed by atoms with E-state index in [1.165, 1.54) is 11.8 Å². The number of carbonyl (C=O) groups is 3. The average Bonchev–Trinajstić information content (AvgIpc) is 3.59. The minimum absolute atomic E-state index is 0.00426. The number of Topliss-reactive ketones (excluding diaryl/α,β-unsaturated/α-hetero) is 2. The molecule has 3 heterocycles. The number of ketones is 2. The SMILES string of the molecule is C=CCOc1ccc(C2C(=C(O)c3ccc4c(c3)CC(C)O4)C(=O)C(=O)N2c2nc(C)c(C(C)=O)s2)cc1OCC. The van der Waals surface area contributed by atoms with Crippen molar-refractivity contribution >= 4 is 39.7 Å². The number of rotatable bonds is 9. The molecule has 2 aromatic carbocycles. The third-order valence-electron chi connectivity index (χ3n) is 6.87. The molecular formula is C31H30N2O7S. The number of anilines is 1.